The summed E-state index contributed by atoms with van der Waals surface area (Å²) in [5, 5.41) is 4.94. The van der Waals surface area contributed by atoms with Gasteiger partial charge >= 0.3 is 6.03 Å². The fourth-order valence-electron chi connectivity index (χ4n) is 0.804. The molecule has 0 heterocycles. The van der Waals surface area contributed by atoms with Crippen LogP contribution in [0.5, 0.6) is 0 Å². The molecule has 0 bridgehead atoms. The Balaban J connectivity index is 3.59. The molecule has 0 aromatic heterocycles. The van der Waals surface area contributed by atoms with E-state index in [0.717, 1.165) is 13.1 Å². The summed E-state index contributed by atoms with van der Waals surface area (Å²) in [5.74, 6) is -0.383. The van der Waals surface area contributed by atoms with E-state index in [0.29, 0.717) is 0 Å². The van der Waals surface area contributed by atoms with Crippen molar-refractivity contribution in [2.45, 2.75) is 0 Å². The van der Waals surface area contributed by atoms with Crippen LogP contribution in [-0.4, -0.2) is 50.6 Å². The SMILES string of the molecule is CNCCN(C)CC(=O)NC(N)=O. The first-order valence-corrected chi connectivity index (χ1v) is 3.98. The number of carbonyl (C=O) groups excluding carboxylic acids is 2. The third-order valence-corrected chi connectivity index (χ3v) is 1.42. The Morgan fingerprint density at radius 1 is 1.46 bits per heavy atom. The summed E-state index contributed by atoms with van der Waals surface area (Å²) in [4.78, 5) is 23.0. The van der Waals surface area contributed by atoms with Crippen LogP contribution in [0.25, 0.3) is 0 Å². The molecule has 0 spiro atoms. The Hall–Kier alpha value is -1.14. The summed E-state index contributed by atoms with van der Waals surface area (Å²) >= 11 is 0. The Morgan fingerprint density at radius 2 is 2.08 bits per heavy atom. The first-order chi connectivity index (χ1) is 6.06. The highest BCUT2D eigenvalue weighted by Crippen LogP contribution is 1.79. The fourth-order valence-corrected chi connectivity index (χ4v) is 0.804. The third kappa shape index (κ3) is 7.23. The minimum absolute atomic E-state index is 0.171. The second-order valence-corrected chi connectivity index (χ2v) is 2.75. The summed E-state index contributed by atoms with van der Waals surface area (Å²) in [6.07, 6.45) is 0. The molecule has 0 rings (SSSR count). The summed E-state index contributed by atoms with van der Waals surface area (Å²) in [6.45, 7) is 1.70. The van der Waals surface area contributed by atoms with Gasteiger partial charge in [0.05, 0.1) is 6.54 Å². The number of hydrogen-bond donors (Lipinski definition) is 3. The average molecular weight is 188 g/mol. The molecular weight excluding hydrogens is 172 g/mol. The number of amides is 3. The van der Waals surface area contributed by atoms with E-state index in [1.54, 1.807) is 11.9 Å². The van der Waals surface area contributed by atoms with Crippen LogP contribution in [0, 0.1) is 0 Å². The van der Waals surface area contributed by atoms with Crippen molar-refractivity contribution in [2.75, 3.05) is 33.7 Å². The zero-order valence-corrected chi connectivity index (χ0v) is 7.96. The van der Waals surface area contributed by atoms with Crippen LogP contribution in [-0.2, 0) is 4.79 Å². The molecule has 0 radical (unpaired) electrons. The van der Waals surface area contributed by atoms with Crippen molar-refractivity contribution in [1.29, 1.82) is 0 Å². The molecule has 0 aliphatic carbocycles. The number of urea groups is 1. The second-order valence-electron chi connectivity index (χ2n) is 2.75. The van der Waals surface area contributed by atoms with Crippen molar-refractivity contribution >= 4 is 11.9 Å². The lowest BCUT2D eigenvalue weighted by Gasteiger charge is -2.14. The highest BCUT2D eigenvalue weighted by Gasteiger charge is 2.06. The van der Waals surface area contributed by atoms with Crippen LogP contribution < -0.4 is 16.4 Å². The second kappa shape index (κ2) is 6.38. The lowest BCUT2D eigenvalue weighted by Crippen LogP contribution is -2.42. The molecule has 13 heavy (non-hydrogen) atoms. The number of primary amides is 1. The predicted molar refractivity (Wildman–Crippen MR) is 49.1 cm³/mol. The smallest absolute Gasteiger partial charge is 0.318 e. The number of rotatable bonds is 5. The van der Waals surface area contributed by atoms with Gasteiger partial charge in [-0.3, -0.25) is 15.0 Å². The van der Waals surface area contributed by atoms with E-state index in [9.17, 15) is 9.59 Å². The maximum absolute atomic E-state index is 11.0. The Kier molecular flexibility index (Phi) is 5.82. The van der Waals surface area contributed by atoms with Gasteiger partial charge in [-0.2, -0.15) is 0 Å². The van der Waals surface area contributed by atoms with E-state index >= 15 is 0 Å². The topological polar surface area (TPSA) is 87.5 Å². The first-order valence-electron chi connectivity index (χ1n) is 3.98. The van der Waals surface area contributed by atoms with Crippen LogP contribution in [0.15, 0.2) is 0 Å². The number of carbonyl (C=O) groups is 2. The average Bonchev–Trinajstić information content (AvgIpc) is 1.98. The highest BCUT2D eigenvalue weighted by molar-refractivity contribution is 5.94. The number of likely N-dealkylation sites (N-methyl/N-ethyl adjacent to an activating group) is 2. The molecule has 0 saturated carbocycles. The molecule has 0 aliphatic rings. The normalized spacial score (nSPS) is 10.1. The van der Waals surface area contributed by atoms with E-state index in [4.69, 9.17) is 5.73 Å². The molecule has 6 heteroatoms. The molecule has 0 aromatic carbocycles. The van der Waals surface area contributed by atoms with Crippen molar-refractivity contribution in [1.82, 2.24) is 15.5 Å². The van der Waals surface area contributed by atoms with Crippen LogP contribution >= 0.6 is 0 Å². The van der Waals surface area contributed by atoms with Gasteiger partial charge in [0, 0.05) is 13.1 Å². The van der Waals surface area contributed by atoms with Gasteiger partial charge in [-0.25, -0.2) is 4.79 Å². The number of nitrogens with two attached hydrogens (primary N) is 1. The zero-order chi connectivity index (χ0) is 10.3. The lowest BCUT2D eigenvalue weighted by molar-refractivity contribution is -0.120. The lowest BCUT2D eigenvalue weighted by atomic mass is 10.5. The van der Waals surface area contributed by atoms with E-state index in [1.807, 2.05) is 12.4 Å². The van der Waals surface area contributed by atoms with Gasteiger partial charge in [-0.05, 0) is 14.1 Å². The van der Waals surface area contributed by atoms with Crippen molar-refractivity contribution in [3.05, 3.63) is 0 Å². The third-order valence-electron chi connectivity index (χ3n) is 1.42. The number of nitrogens with one attached hydrogen (secondary N) is 2. The van der Waals surface area contributed by atoms with Gasteiger partial charge in [0.2, 0.25) is 5.91 Å². The maximum atomic E-state index is 11.0. The van der Waals surface area contributed by atoms with Gasteiger partial charge in [0.1, 0.15) is 0 Å². The number of nitrogens with zero attached hydrogens (tertiary/aromatic N) is 1. The minimum Gasteiger partial charge on any atom is -0.351 e. The van der Waals surface area contributed by atoms with E-state index in [-0.39, 0.29) is 12.5 Å². The van der Waals surface area contributed by atoms with Crippen molar-refractivity contribution in [3.63, 3.8) is 0 Å². The Morgan fingerprint density at radius 3 is 2.54 bits per heavy atom. The monoisotopic (exact) mass is 188 g/mol. The molecule has 0 saturated heterocycles. The molecule has 0 unspecified atom stereocenters. The fraction of sp³-hybridized carbons (Fsp3) is 0.714. The molecule has 3 amide bonds. The molecule has 0 aliphatic heterocycles. The predicted octanol–water partition coefficient (Wildman–Crippen LogP) is -1.67. The summed E-state index contributed by atoms with van der Waals surface area (Å²) in [5.41, 5.74) is 4.77. The summed E-state index contributed by atoms with van der Waals surface area (Å²) < 4.78 is 0. The van der Waals surface area contributed by atoms with Gasteiger partial charge in [0.25, 0.3) is 0 Å². The Bertz CT molecular complexity index is 183. The van der Waals surface area contributed by atoms with E-state index in [2.05, 4.69) is 5.32 Å². The van der Waals surface area contributed by atoms with Crippen LogP contribution in [0.2, 0.25) is 0 Å². The standard InChI is InChI=1S/C7H16N4O2/c1-9-3-4-11(2)5-6(12)10-7(8)13/h9H,3-5H2,1-2H3,(H3,8,10,12,13). The molecule has 4 N–H and O–H groups in total. The number of imide groups is 1. The van der Waals surface area contributed by atoms with Crippen molar-refractivity contribution < 1.29 is 9.59 Å². The molecule has 0 aromatic rings. The number of hydrogen-bond acceptors (Lipinski definition) is 4. The van der Waals surface area contributed by atoms with Crippen molar-refractivity contribution in [2.24, 2.45) is 5.73 Å². The Labute approximate surface area is 77.5 Å². The summed E-state index contributed by atoms with van der Waals surface area (Å²) in [6, 6.07) is -0.813. The van der Waals surface area contributed by atoms with Crippen LogP contribution in [0.1, 0.15) is 0 Å². The van der Waals surface area contributed by atoms with Gasteiger partial charge in [0.15, 0.2) is 0 Å². The molecule has 6 nitrogen and oxygen atoms in total. The van der Waals surface area contributed by atoms with Gasteiger partial charge < -0.3 is 11.1 Å². The molecule has 76 valence electrons. The highest BCUT2D eigenvalue weighted by atomic mass is 16.2. The largest absolute Gasteiger partial charge is 0.351 e. The summed E-state index contributed by atoms with van der Waals surface area (Å²) in [7, 11) is 3.62. The van der Waals surface area contributed by atoms with E-state index in [1.165, 1.54) is 0 Å². The molecular formula is C7H16N4O2. The quantitative estimate of drug-likeness (QED) is 0.481. The zero-order valence-electron chi connectivity index (χ0n) is 7.96. The van der Waals surface area contributed by atoms with Gasteiger partial charge in [-0.1, -0.05) is 0 Å². The van der Waals surface area contributed by atoms with Crippen molar-refractivity contribution in [3.8, 4) is 0 Å². The molecule has 0 fully saturated rings. The van der Waals surface area contributed by atoms with E-state index < -0.39 is 6.03 Å². The first kappa shape index (κ1) is 11.9. The minimum atomic E-state index is -0.813. The maximum Gasteiger partial charge on any atom is 0.318 e. The molecule has 0 atom stereocenters. The van der Waals surface area contributed by atoms with Gasteiger partial charge in [-0.15, -0.1) is 0 Å². The van der Waals surface area contributed by atoms with Crippen LogP contribution in [0.3, 0.4) is 0 Å². The van der Waals surface area contributed by atoms with Crippen LogP contribution in [0.4, 0.5) is 4.79 Å².